The molecule has 10 nitrogen and oxygen atoms in total. The van der Waals surface area contributed by atoms with Crippen molar-refractivity contribution < 1.29 is 14.3 Å². The third-order valence-corrected chi connectivity index (χ3v) is 7.55. The van der Waals surface area contributed by atoms with Crippen molar-refractivity contribution in [2.24, 2.45) is 4.99 Å². The van der Waals surface area contributed by atoms with Crippen LogP contribution in [-0.4, -0.2) is 44.0 Å². The van der Waals surface area contributed by atoms with Crippen LogP contribution in [0.5, 0.6) is 11.5 Å². The van der Waals surface area contributed by atoms with Gasteiger partial charge in [0.1, 0.15) is 5.49 Å². The molecule has 2 aromatic heterocycles. The molecule has 0 amide bonds. The number of hydrogen-bond acceptors (Lipinski definition) is 7. The summed E-state index contributed by atoms with van der Waals surface area (Å²) in [5.74, 6) is 1.05. The summed E-state index contributed by atoms with van der Waals surface area (Å²) in [5, 5.41) is 9.96. The highest BCUT2D eigenvalue weighted by Gasteiger charge is 2.23. The lowest BCUT2D eigenvalue weighted by Crippen LogP contribution is -2.42. The van der Waals surface area contributed by atoms with Gasteiger partial charge in [-0.15, -0.1) is 5.10 Å². The van der Waals surface area contributed by atoms with Crippen LogP contribution in [-0.2, 0) is 19.5 Å². The maximum Gasteiger partial charge on any atom is 0.330 e. The van der Waals surface area contributed by atoms with Gasteiger partial charge in [-0.3, -0.25) is 13.9 Å². The van der Waals surface area contributed by atoms with Gasteiger partial charge in [0.05, 0.1) is 25.1 Å². The minimum atomic E-state index is -0.239. The number of aryl methyl sites for hydroxylation is 4. The Balaban J connectivity index is 1.63. The number of nitrogens with one attached hydrogen (secondary N) is 1. The van der Waals surface area contributed by atoms with Crippen molar-refractivity contribution in [3.8, 4) is 22.8 Å². The van der Waals surface area contributed by atoms with Crippen molar-refractivity contribution in [2.45, 2.75) is 60.0 Å². The molecule has 0 aliphatic carbocycles. The minimum Gasteiger partial charge on any atom is -0.493 e. The molecule has 214 valence electrons. The second-order valence-electron chi connectivity index (χ2n) is 10.2. The van der Waals surface area contributed by atoms with E-state index in [1.165, 1.54) is 0 Å². The molecule has 0 saturated heterocycles. The molecule has 3 heterocycles. The Morgan fingerprint density at radius 2 is 1.85 bits per heavy atom. The van der Waals surface area contributed by atoms with Gasteiger partial charge in [0.2, 0.25) is 0 Å². The molecule has 0 bridgehead atoms. The van der Waals surface area contributed by atoms with Crippen LogP contribution in [0.25, 0.3) is 11.3 Å². The Labute approximate surface area is 242 Å². The predicted octanol–water partition coefficient (Wildman–Crippen LogP) is 4.87. The first-order chi connectivity index (χ1) is 19.7. The maximum atomic E-state index is 14.0. The Hall–Kier alpha value is -4.18. The van der Waals surface area contributed by atoms with Crippen molar-refractivity contribution in [3.63, 3.8) is 0 Å². The van der Waals surface area contributed by atoms with E-state index in [0.717, 1.165) is 39.2 Å². The van der Waals surface area contributed by atoms with E-state index in [1.807, 2.05) is 45.9 Å². The first kappa shape index (κ1) is 28.4. The number of carbonyl (C=O) groups excluding carboxylic acids is 1. The van der Waals surface area contributed by atoms with Crippen LogP contribution in [0.3, 0.4) is 0 Å². The van der Waals surface area contributed by atoms with E-state index < -0.39 is 0 Å². The van der Waals surface area contributed by atoms with E-state index in [9.17, 15) is 9.59 Å². The van der Waals surface area contributed by atoms with Gasteiger partial charge in [0.25, 0.3) is 0 Å². The molecule has 0 spiro atoms. The molecular formula is C30H33ClN6O4. The molecule has 4 aromatic rings. The van der Waals surface area contributed by atoms with Crippen molar-refractivity contribution in [2.75, 3.05) is 13.7 Å². The largest absolute Gasteiger partial charge is 0.493 e. The van der Waals surface area contributed by atoms with Gasteiger partial charge < -0.3 is 9.47 Å². The highest BCUT2D eigenvalue weighted by Crippen LogP contribution is 2.38. The molecule has 0 unspecified atom stereocenters. The fourth-order valence-corrected chi connectivity index (χ4v) is 5.63. The molecule has 0 fully saturated rings. The Bertz CT molecular complexity index is 1740. The molecule has 11 heteroatoms. The van der Waals surface area contributed by atoms with E-state index in [4.69, 9.17) is 26.1 Å². The number of Topliss-reactive ketones (excluding diaryl/α,β-unsaturated/α-hetero) is 1. The van der Waals surface area contributed by atoms with Crippen LogP contribution in [0.1, 0.15) is 52.5 Å². The van der Waals surface area contributed by atoms with Crippen molar-refractivity contribution in [3.05, 3.63) is 79.4 Å². The van der Waals surface area contributed by atoms with Crippen molar-refractivity contribution in [1.29, 1.82) is 0 Å². The number of nitrogens with zero attached hydrogens (tertiary/aromatic N) is 5. The number of ether oxygens (including phenoxy) is 2. The van der Waals surface area contributed by atoms with E-state index >= 15 is 0 Å². The van der Waals surface area contributed by atoms with Gasteiger partial charge in [-0.1, -0.05) is 29.3 Å². The number of aromatic amines is 1. The minimum absolute atomic E-state index is 0.0408. The van der Waals surface area contributed by atoms with E-state index in [-0.39, 0.29) is 28.7 Å². The number of hydrogen-bond donors (Lipinski definition) is 1. The molecule has 0 radical (unpaired) electrons. The number of aromatic nitrogens is 5. The Morgan fingerprint density at radius 3 is 2.51 bits per heavy atom. The average Bonchev–Trinajstić information content (AvgIpc) is 3.37. The zero-order chi connectivity index (χ0) is 29.3. The van der Waals surface area contributed by atoms with Gasteiger partial charge in [0.15, 0.2) is 28.1 Å². The van der Waals surface area contributed by atoms with Crippen LogP contribution in [0.15, 0.2) is 40.1 Å². The Morgan fingerprint density at radius 1 is 1.10 bits per heavy atom. The lowest BCUT2D eigenvalue weighted by Gasteiger charge is -2.25. The fourth-order valence-electron chi connectivity index (χ4n) is 5.45. The lowest BCUT2D eigenvalue weighted by atomic mass is 9.97. The number of ketones is 1. The van der Waals surface area contributed by atoms with Crippen molar-refractivity contribution in [1.82, 2.24) is 24.5 Å². The number of methoxy groups -OCH3 is 1. The smallest absolute Gasteiger partial charge is 0.330 e. The molecule has 1 aliphatic heterocycles. The zero-order valence-corrected chi connectivity index (χ0v) is 24.6. The lowest BCUT2D eigenvalue weighted by molar-refractivity contribution is 0.0973. The first-order valence-electron chi connectivity index (χ1n) is 13.6. The monoisotopic (exact) mass is 576 g/mol. The average molecular weight is 577 g/mol. The number of H-pyrrole nitrogens is 1. The SMILES string of the molecule is CCOc1cc2c(cc1OC)-c1cc(=Nc3c(C)cc(C)cc3C)n(CCCC(=O)c3n[nH]nc3Cl)c(=O)n1CC2. The summed E-state index contributed by atoms with van der Waals surface area (Å²) >= 11 is 5.97. The second-order valence-corrected chi connectivity index (χ2v) is 10.5. The topological polar surface area (TPSA) is 116 Å². The van der Waals surface area contributed by atoms with Gasteiger partial charge in [-0.25, -0.2) is 9.79 Å². The molecular weight excluding hydrogens is 544 g/mol. The normalized spacial score (nSPS) is 12.7. The predicted molar refractivity (Wildman–Crippen MR) is 156 cm³/mol. The summed E-state index contributed by atoms with van der Waals surface area (Å²) in [5.41, 5.74) is 7.19. The third-order valence-electron chi connectivity index (χ3n) is 7.28. The van der Waals surface area contributed by atoms with Crippen molar-refractivity contribution >= 4 is 23.1 Å². The van der Waals surface area contributed by atoms with Gasteiger partial charge >= 0.3 is 5.69 Å². The first-order valence-corrected chi connectivity index (χ1v) is 14.0. The number of halogens is 1. The highest BCUT2D eigenvalue weighted by atomic mass is 35.5. The highest BCUT2D eigenvalue weighted by molar-refractivity contribution is 6.32. The molecule has 2 aromatic carbocycles. The van der Waals surface area contributed by atoms with Crippen LogP contribution >= 0.6 is 11.6 Å². The van der Waals surface area contributed by atoms with Crippen LogP contribution < -0.4 is 20.7 Å². The summed E-state index contributed by atoms with van der Waals surface area (Å²) in [6.07, 6.45) is 1.22. The zero-order valence-electron chi connectivity index (χ0n) is 23.9. The van der Waals surface area contributed by atoms with Gasteiger partial charge in [-0.2, -0.15) is 10.3 Å². The number of carbonyl (C=O) groups is 1. The summed E-state index contributed by atoms with van der Waals surface area (Å²) in [4.78, 5) is 31.7. The molecule has 5 rings (SSSR count). The van der Waals surface area contributed by atoms with Gasteiger partial charge in [0, 0.05) is 31.1 Å². The third kappa shape index (κ3) is 5.56. The summed E-state index contributed by atoms with van der Waals surface area (Å²) in [6, 6.07) is 10.0. The molecule has 1 aliphatic rings. The van der Waals surface area contributed by atoms with E-state index in [0.29, 0.717) is 49.5 Å². The van der Waals surface area contributed by atoms with Crippen LogP contribution in [0, 0.1) is 20.8 Å². The molecule has 41 heavy (non-hydrogen) atoms. The maximum absolute atomic E-state index is 14.0. The molecule has 0 saturated carbocycles. The van der Waals surface area contributed by atoms with Crippen LogP contribution in [0.4, 0.5) is 5.69 Å². The van der Waals surface area contributed by atoms with E-state index in [1.54, 1.807) is 16.2 Å². The van der Waals surface area contributed by atoms with Crippen LogP contribution in [0.2, 0.25) is 5.15 Å². The quantitative estimate of drug-likeness (QED) is 0.284. The number of rotatable bonds is 9. The standard InChI is InChI=1S/C30H33ClN6O4/c1-6-41-25-14-20-9-11-36-22(21(20)15-24(25)40-5)16-26(32-27-18(3)12-17(2)13-19(27)4)37(30(36)39)10-7-8-23(38)28-29(31)34-35-33-28/h12-16H,6-11H2,1-5H3,(H,33,34,35). The number of fused-ring (bicyclic) bond motifs is 3. The fraction of sp³-hybridized carbons (Fsp3) is 0.367. The molecule has 1 N–H and O–H groups in total. The summed E-state index contributed by atoms with van der Waals surface area (Å²) < 4.78 is 14.8. The number of benzene rings is 2. The summed E-state index contributed by atoms with van der Waals surface area (Å²) in [7, 11) is 1.61. The Kier molecular flexibility index (Phi) is 8.12. The summed E-state index contributed by atoms with van der Waals surface area (Å²) in [6.45, 7) is 9.35. The van der Waals surface area contributed by atoms with E-state index in [2.05, 4.69) is 27.5 Å². The second kappa shape index (κ2) is 11.7. The molecule has 0 atom stereocenters. The van der Waals surface area contributed by atoms with Gasteiger partial charge in [-0.05, 0) is 69.4 Å².